The SMILES string of the molecule is CN1c2ccccc2NC(=O)C1C(F)F. The third kappa shape index (κ3) is 1.54. The summed E-state index contributed by atoms with van der Waals surface area (Å²) in [6.45, 7) is 0. The monoisotopic (exact) mass is 212 g/mol. The summed E-state index contributed by atoms with van der Waals surface area (Å²) in [5.74, 6) is -0.661. The Morgan fingerprint density at radius 2 is 2.07 bits per heavy atom. The van der Waals surface area contributed by atoms with Gasteiger partial charge in [0.1, 0.15) is 0 Å². The fourth-order valence-electron chi connectivity index (χ4n) is 1.70. The van der Waals surface area contributed by atoms with Crippen molar-refractivity contribution in [3.63, 3.8) is 0 Å². The average molecular weight is 212 g/mol. The summed E-state index contributed by atoms with van der Waals surface area (Å²) in [5, 5.41) is 2.46. The Labute approximate surface area is 85.7 Å². The maximum Gasteiger partial charge on any atom is 0.267 e. The van der Waals surface area contributed by atoms with Crippen LogP contribution in [-0.4, -0.2) is 25.4 Å². The second-order valence-corrected chi connectivity index (χ2v) is 3.40. The number of rotatable bonds is 1. The van der Waals surface area contributed by atoms with Gasteiger partial charge in [0, 0.05) is 7.05 Å². The molecule has 15 heavy (non-hydrogen) atoms. The molecule has 0 saturated carbocycles. The summed E-state index contributed by atoms with van der Waals surface area (Å²) in [7, 11) is 1.49. The van der Waals surface area contributed by atoms with Crippen molar-refractivity contribution >= 4 is 17.3 Å². The van der Waals surface area contributed by atoms with E-state index in [0.29, 0.717) is 11.4 Å². The Morgan fingerprint density at radius 3 is 2.73 bits per heavy atom. The second kappa shape index (κ2) is 3.49. The van der Waals surface area contributed by atoms with Crippen LogP contribution in [0.15, 0.2) is 24.3 Å². The lowest BCUT2D eigenvalue weighted by molar-refractivity contribution is -0.120. The van der Waals surface area contributed by atoms with Crippen molar-refractivity contribution in [1.82, 2.24) is 0 Å². The number of nitrogens with one attached hydrogen (secondary N) is 1. The number of benzene rings is 1. The van der Waals surface area contributed by atoms with Crippen molar-refractivity contribution < 1.29 is 13.6 Å². The van der Waals surface area contributed by atoms with Crippen LogP contribution < -0.4 is 10.2 Å². The summed E-state index contributed by atoms with van der Waals surface area (Å²) in [6.07, 6.45) is -2.69. The molecule has 0 aromatic heterocycles. The average Bonchev–Trinajstić information content (AvgIpc) is 2.17. The predicted molar refractivity (Wildman–Crippen MR) is 53.3 cm³/mol. The van der Waals surface area contributed by atoms with E-state index in [1.807, 2.05) is 0 Å². The minimum atomic E-state index is -2.69. The number of fused-ring (bicyclic) bond motifs is 1. The zero-order valence-corrected chi connectivity index (χ0v) is 8.08. The van der Waals surface area contributed by atoms with E-state index in [2.05, 4.69) is 5.32 Å². The van der Waals surface area contributed by atoms with Gasteiger partial charge in [0.25, 0.3) is 12.3 Å². The number of nitrogens with zero attached hydrogens (tertiary/aromatic N) is 1. The highest BCUT2D eigenvalue weighted by atomic mass is 19.3. The third-order valence-corrected chi connectivity index (χ3v) is 2.47. The molecule has 1 aliphatic rings. The van der Waals surface area contributed by atoms with Crippen LogP contribution in [0.25, 0.3) is 0 Å². The van der Waals surface area contributed by atoms with E-state index in [1.165, 1.54) is 11.9 Å². The molecule has 0 bridgehead atoms. The standard InChI is InChI=1S/C10H10F2N2O/c1-14-7-5-3-2-4-6(7)13-10(15)8(14)9(11)12/h2-5,8-9H,1H3,(H,13,15). The molecule has 0 saturated heterocycles. The first-order valence-corrected chi connectivity index (χ1v) is 4.52. The van der Waals surface area contributed by atoms with Gasteiger partial charge in [0.15, 0.2) is 6.04 Å². The van der Waals surface area contributed by atoms with Crippen molar-refractivity contribution in [2.24, 2.45) is 0 Å². The van der Waals surface area contributed by atoms with Crippen molar-refractivity contribution in [3.05, 3.63) is 24.3 Å². The number of alkyl halides is 2. The second-order valence-electron chi connectivity index (χ2n) is 3.40. The number of carbonyl (C=O) groups excluding carboxylic acids is 1. The van der Waals surface area contributed by atoms with Crippen LogP contribution in [0.4, 0.5) is 20.2 Å². The first-order valence-electron chi connectivity index (χ1n) is 4.52. The van der Waals surface area contributed by atoms with E-state index >= 15 is 0 Å². The zero-order chi connectivity index (χ0) is 11.0. The fraction of sp³-hybridized carbons (Fsp3) is 0.300. The van der Waals surface area contributed by atoms with Crippen molar-refractivity contribution in [2.75, 3.05) is 17.3 Å². The smallest absolute Gasteiger partial charge is 0.267 e. The number of para-hydroxylation sites is 2. The van der Waals surface area contributed by atoms with E-state index in [1.54, 1.807) is 24.3 Å². The van der Waals surface area contributed by atoms with Gasteiger partial charge < -0.3 is 10.2 Å². The van der Waals surface area contributed by atoms with Gasteiger partial charge in [-0.2, -0.15) is 0 Å². The van der Waals surface area contributed by atoms with Crippen molar-refractivity contribution in [1.29, 1.82) is 0 Å². The van der Waals surface area contributed by atoms with Crippen molar-refractivity contribution in [3.8, 4) is 0 Å². The molecule has 1 atom stereocenters. The van der Waals surface area contributed by atoms with E-state index in [9.17, 15) is 13.6 Å². The maximum absolute atomic E-state index is 12.6. The molecule has 1 N–H and O–H groups in total. The molecule has 0 radical (unpaired) electrons. The molecular weight excluding hydrogens is 202 g/mol. The lowest BCUT2D eigenvalue weighted by atomic mass is 10.1. The van der Waals surface area contributed by atoms with E-state index in [-0.39, 0.29) is 0 Å². The fourth-order valence-corrected chi connectivity index (χ4v) is 1.70. The van der Waals surface area contributed by atoms with Crippen LogP contribution in [0.3, 0.4) is 0 Å². The largest absolute Gasteiger partial charge is 0.356 e. The van der Waals surface area contributed by atoms with Crippen LogP contribution in [0.5, 0.6) is 0 Å². The number of anilines is 2. The molecule has 1 aliphatic heterocycles. The quantitative estimate of drug-likeness (QED) is 0.768. The molecule has 3 nitrogen and oxygen atoms in total. The van der Waals surface area contributed by atoms with Crippen LogP contribution >= 0.6 is 0 Å². The molecule has 1 aromatic carbocycles. The first-order chi connectivity index (χ1) is 7.11. The van der Waals surface area contributed by atoms with Gasteiger partial charge in [-0.05, 0) is 12.1 Å². The summed E-state index contributed by atoms with van der Waals surface area (Å²) < 4.78 is 25.2. The summed E-state index contributed by atoms with van der Waals surface area (Å²) in [5.41, 5.74) is 1.18. The zero-order valence-electron chi connectivity index (χ0n) is 8.08. The van der Waals surface area contributed by atoms with Crippen LogP contribution in [0, 0.1) is 0 Å². The number of hydrogen-bond acceptors (Lipinski definition) is 2. The molecule has 80 valence electrons. The third-order valence-electron chi connectivity index (χ3n) is 2.47. The molecule has 5 heteroatoms. The van der Waals surface area contributed by atoms with Gasteiger partial charge in [-0.15, -0.1) is 0 Å². The van der Waals surface area contributed by atoms with Gasteiger partial charge >= 0.3 is 0 Å². The van der Waals surface area contributed by atoms with E-state index < -0.39 is 18.4 Å². The molecule has 0 fully saturated rings. The molecule has 1 unspecified atom stereocenters. The highest BCUT2D eigenvalue weighted by Gasteiger charge is 2.37. The number of carbonyl (C=O) groups is 1. The predicted octanol–water partition coefficient (Wildman–Crippen LogP) is 1.71. The Morgan fingerprint density at radius 1 is 1.40 bits per heavy atom. The lowest BCUT2D eigenvalue weighted by Gasteiger charge is -2.34. The summed E-state index contributed by atoms with van der Waals surface area (Å²) >= 11 is 0. The van der Waals surface area contributed by atoms with Crippen LogP contribution in [0.2, 0.25) is 0 Å². The molecule has 1 aromatic rings. The topological polar surface area (TPSA) is 32.3 Å². The molecule has 1 amide bonds. The first kappa shape index (κ1) is 9.89. The van der Waals surface area contributed by atoms with E-state index in [4.69, 9.17) is 0 Å². The molecule has 0 aliphatic carbocycles. The maximum atomic E-state index is 12.6. The van der Waals surface area contributed by atoms with Gasteiger partial charge in [-0.3, -0.25) is 4.79 Å². The number of amides is 1. The summed E-state index contributed by atoms with van der Waals surface area (Å²) in [4.78, 5) is 12.7. The van der Waals surface area contributed by atoms with Crippen LogP contribution in [-0.2, 0) is 4.79 Å². The van der Waals surface area contributed by atoms with Gasteiger partial charge in [0.05, 0.1) is 11.4 Å². The molecule has 0 spiro atoms. The molecule has 1 heterocycles. The highest BCUT2D eigenvalue weighted by molar-refractivity contribution is 6.03. The van der Waals surface area contributed by atoms with Gasteiger partial charge in [-0.25, -0.2) is 8.78 Å². The number of hydrogen-bond donors (Lipinski definition) is 1. The van der Waals surface area contributed by atoms with Gasteiger partial charge in [-0.1, -0.05) is 12.1 Å². The van der Waals surface area contributed by atoms with Crippen molar-refractivity contribution in [2.45, 2.75) is 12.5 Å². The minimum Gasteiger partial charge on any atom is -0.356 e. The Balaban J connectivity index is 2.43. The Hall–Kier alpha value is -1.65. The lowest BCUT2D eigenvalue weighted by Crippen LogP contribution is -2.50. The Bertz CT molecular complexity index is 395. The summed E-state index contributed by atoms with van der Waals surface area (Å²) in [6, 6.07) is 5.47. The molecule has 2 rings (SSSR count). The van der Waals surface area contributed by atoms with Gasteiger partial charge in [0.2, 0.25) is 0 Å². The number of likely N-dealkylation sites (N-methyl/N-ethyl adjacent to an activating group) is 1. The van der Waals surface area contributed by atoms with Crippen LogP contribution in [0.1, 0.15) is 0 Å². The highest BCUT2D eigenvalue weighted by Crippen LogP contribution is 2.31. The normalized spacial score (nSPS) is 20.1. The van der Waals surface area contributed by atoms with E-state index in [0.717, 1.165) is 0 Å². The molecular formula is C10H10F2N2O. The Kier molecular flexibility index (Phi) is 2.30. The minimum absolute atomic E-state index is 0.571. The number of halogens is 2.